The van der Waals surface area contributed by atoms with Crippen molar-refractivity contribution in [1.29, 1.82) is 0 Å². The van der Waals surface area contributed by atoms with Crippen molar-refractivity contribution >= 4 is 0 Å². The van der Waals surface area contributed by atoms with Gasteiger partial charge < -0.3 is 15.0 Å². The fourth-order valence-corrected chi connectivity index (χ4v) is 2.79. The van der Waals surface area contributed by atoms with Crippen LogP contribution in [0.25, 0.3) is 0 Å². The lowest BCUT2D eigenvalue weighted by Crippen LogP contribution is -2.43. The Kier molecular flexibility index (Phi) is 5.22. The molecular formula is C13H27N3O. The molecule has 0 aromatic heterocycles. The van der Waals surface area contributed by atoms with Crippen molar-refractivity contribution in [1.82, 2.24) is 15.1 Å². The SMILES string of the molecule is CC1CCN(CCN2CCOCC2)CC(C)N1. The Hall–Kier alpha value is -0.160. The van der Waals surface area contributed by atoms with E-state index in [1.807, 2.05) is 0 Å². The minimum Gasteiger partial charge on any atom is -0.379 e. The molecule has 0 amide bonds. The van der Waals surface area contributed by atoms with E-state index in [2.05, 4.69) is 29.0 Å². The highest BCUT2D eigenvalue weighted by Crippen LogP contribution is 2.06. The summed E-state index contributed by atoms with van der Waals surface area (Å²) in [4.78, 5) is 5.13. The third kappa shape index (κ3) is 4.54. The van der Waals surface area contributed by atoms with Gasteiger partial charge in [-0.1, -0.05) is 0 Å². The van der Waals surface area contributed by atoms with E-state index in [-0.39, 0.29) is 0 Å². The molecule has 2 fully saturated rings. The summed E-state index contributed by atoms with van der Waals surface area (Å²) >= 11 is 0. The number of nitrogens with one attached hydrogen (secondary N) is 1. The van der Waals surface area contributed by atoms with Crippen LogP contribution in [-0.2, 0) is 4.74 Å². The molecule has 0 saturated carbocycles. The maximum atomic E-state index is 5.38. The topological polar surface area (TPSA) is 27.7 Å². The lowest BCUT2D eigenvalue weighted by Gasteiger charge is -2.30. The smallest absolute Gasteiger partial charge is 0.0594 e. The van der Waals surface area contributed by atoms with Crippen LogP contribution in [0, 0.1) is 0 Å². The minimum absolute atomic E-state index is 0.622. The molecule has 2 heterocycles. The van der Waals surface area contributed by atoms with Gasteiger partial charge in [-0.05, 0) is 26.8 Å². The van der Waals surface area contributed by atoms with Gasteiger partial charge in [0.15, 0.2) is 0 Å². The Morgan fingerprint density at radius 3 is 2.47 bits per heavy atom. The van der Waals surface area contributed by atoms with Crippen LogP contribution in [0.2, 0.25) is 0 Å². The van der Waals surface area contributed by atoms with Gasteiger partial charge >= 0.3 is 0 Å². The molecule has 4 nitrogen and oxygen atoms in total. The van der Waals surface area contributed by atoms with Gasteiger partial charge in [-0.25, -0.2) is 0 Å². The van der Waals surface area contributed by atoms with Gasteiger partial charge in [-0.2, -0.15) is 0 Å². The molecule has 2 rings (SSSR count). The molecule has 0 aromatic rings. The fraction of sp³-hybridized carbons (Fsp3) is 1.00. The van der Waals surface area contributed by atoms with Crippen LogP contribution >= 0.6 is 0 Å². The largest absolute Gasteiger partial charge is 0.379 e. The summed E-state index contributed by atoms with van der Waals surface area (Å²) in [7, 11) is 0. The van der Waals surface area contributed by atoms with E-state index < -0.39 is 0 Å². The Morgan fingerprint density at radius 2 is 1.71 bits per heavy atom. The molecule has 0 bridgehead atoms. The highest BCUT2D eigenvalue weighted by atomic mass is 16.5. The van der Waals surface area contributed by atoms with Crippen LogP contribution in [0.5, 0.6) is 0 Å². The van der Waals surface area contributed by atoms with Gasteiger partial charge in [0, 0.05) is 44.8 Å². The number of morpholine rings is 1. The molecule has 0 aliphatic carbocycles. The van der Waals surface area contributed by atoms with Gasteiger partial charge in [0.25, 0.3) is 0 Å². The van der Waals surface area contributed by atoms with Crippen LogP contribution in [0.4, 0.5) is 0 Å². The first-order valence-electron chi connectivity index (χ1n) is 7.02. The molecule has 17 heavy (non-hydrogen) atoms. The lowest BCUT2D eigenvalue weighted by atomic mass is 10.2. The molecule has 4 heteroatoms. The summed E-state index contributed by atoms with van der Waals surface area (Å²) < 4.78 is 5.38. The maximum Gasteiger partial charge on any atom is 0.0594 e. The second kappa shape index (κ2) is 6.69. The van der Waals surface area contributed by atoms with Gasteiger partial charge in [0.05, 0.1) is 13.2 Å². The monoisotopic (exact) mass is 241 g/mol. The van der Waals surface area contributed by atoms with E-state index >= 15 is 0 Å². The number of hydrogen-bond donors (Lipinski definition) is 1. The summed E-state index contributed by atoms with van der Waals surface area (Å²) in [6.07, 6.45) is 1.27. The molecule has 100 valence electrons. The summed E-state index contributed by atoms with van der Waals surface area (Å²) in [5.41, 5.74) is 0. The highest BCUT2D eigenvalue weighted by Gasteiger charge is 2.19. The summed E-state index contributed by atoms with van der Waals surface area (Å²) in [5, 5.41) is 3.63. The van der Waals surface area contributed by atoms with Crippen LogP contribution in [0.1, 0.15) is 20.3 Å². The maximum absolute atomic E-state index is 5.38. The Balaban J connectivity index is 1.70. The molecule has 1 N–H and O–H groups in total. The first-order chi connectivity index (χ1) is 8.24. The van der Waals surface area contributed by atoms with Crippen molar-refractivity contribution < 1.29 is 4.74 Å². The molecule has 2 atom stereocenters. The molecule has 2 saturated heterocycles. The van der Waals surface area contributed by atoms with Gasteiger partial charge in [-0.3, -0.25) is 4.90 Å². The van der Waals surface area contributed by atoms with E-state index in [1.165, 1.54) is 32.6 Å². The average Bonchev–Trinajstić information content (AvgIpc) is 2.49. The third-order valence-corrected chi connectivity index (χ3v) is 3.82. The number of hydrogen-bond acceptors (Lipinski definition) is 4. The summed E-state index contributed by atoms with van der Waals surface area (Å²) in [6, 6.07) is 1.29. The predicted molar refractivity (Wildman–Crippen MR) is 70.4 cm³/mol. The zero-order valence-electron chi connectivity index (χ0n) is 11.3. The fourth-order valence-electron chi connectivity index (χ4n) is 2.79. The van der Waals surface area contributed by atoms with E-state index in [1.54, 1.807) is 0 Å². The van der Waals surface area contributed by atoms with Crippen molar-refractivity contribution in [3.63, 3.8) is 0 Å². The van der Waals surface area contributed by atoms with E-state index in [0.29, 0.717) is 12.1 Å². The van der Waals surface area contributed by atoms with Crippen LogP contribution in [0.3, 0.4) is 0 Å². The van der Waals surface area contributed by atoms with Crippen molar-refractivity contribution in [2.45, 2.75) is 32.4 Å². The number of ether oxygens (including phenoxy) is 1. The average molecular weight is 241 g/mol. The first kappa shape index (κ1) is 13.3. The summed E-state index contributed by atoms with van der Waals surface area (Å²) in [6.45, 7) is 13.5. The molecule has 0 spiro atoms. The molecule has 2 unspecified atom stereocenters. The molecule has 2 aliphatic rings. The van der Waals surface area contributed by atoms with Crippen LogP contribution < -0.4 is 5.32 Å². The van der Waals surface area contributed by atoms with Crippen molar-refractivity contribution in [2.75, 3.05) is 52.5 Å². The quantitative estimate of drug-likeness (QED) is 0.774. The van der Waals surface area contributed by atoms with Crippen molar-refractivity contribution in [3.8, 4) is 0 Å². The van der Waals surface area contributed by atoms with E-state index in [0.717, 1.165) is 26.3 Å². The third-order valence-electron chi connectivity index (χ3n) is 3.82. The zero-order chi connectivity index (χ0) is 12.1. The normalized spacial score (nSPS) is 33.5. The van der Waals surface area contributed by atoms with Gasteiger partial charge in [0.2, 0.25) is 0 Å². The minimum atomic E-state index is 0.622. The Morgan fingerprint density at radius 1 is 1.00 bits per heavy atom. The van der Waals surface area contributed by atoms with Crippen LogP contribution in [-0.4, -0.2) is 74.4 Å². The molecule has 0 aromatic carbocycles. The number of rotatable bonds is 3. The van der Waals surface area contributed by atoms with E-state index in [4.69, 9.17) is 4.74 Å². The molecular weight excluding hydrogens is 214 g/mol. The Bertz CT molecular complexity index is 219. The van der Waals surface area contributed by atoms with Crippen molar-refractivity contribution in [3.05, 3.63) is 0 Å². The standard InChI is InChI=1S/C13H27N3O/c1-12-3-4-16(11-13(2)14-12)6-5-15-7-9-17-10-8-15/h12-14H,3-11H2,1-2H3. The highest BCUT2D eigenvalue weighted by molar-refractivity contribution is 4.78. The second-order valence-electron chi connectivity index (χ2n) is 5.51. The van der Waals surface area contributed by atoms with Gasteiger partial charge in [-0.15, -0.1) is 0 Å². The van der Waals surface area contributed by atoms with Gasteiger partial charge in [0.1, 0.15) is 0 Å². The zero-order valence-corrected chi connectivity index (χ0v) is 11.3. The first-order valence-corrected chi connectivity index (χ1v) is 7.02. The predicted octanol–water partition coefficient (Wildman–Crippen LogP) is 0.391. The van der Waals surface area contributed by atoms with E-state index in [9.17, 15) is 0 Å². The lowest BCUT2D eigenvalue weighted by molar-refractivity contribution is 0.0333. The molecule has 0 radical (unpaired) electrons. The Labute approximate surface area is 105 Å². The molecule has 2 aliphatic heterocycles. The van der Waals surface area contributed by atoms with Crippen LogP contribution in [0.15, 0.2) is 0 Å². The number of nitrogens with zero attached hydrogens (tertiary/aromatic N) is 2. The van der Waals surface area contributed by atoms with Crippen molar-refractivity contribution in [2.24, 2.45) is 0 Å². The summed E-state index contributed by atoms with van der Waals surface area (Å²) in [5.74, 6) is 0. The second-order valence-corrected chi connectivity index (χ2v) is 5.51.